The number of nitriles is 1. The Hall–Kier alpha value is -3.34. The first-order valence-corrected chi connectivity index (χ1v) is 8.62. The van der Waals surface area contributed by atoms with Gasteiger partial charge in [0.15, 0.2) is 6.61 Å². The quantitative estimate of drug-likeness (QED) is 0.767. The van der Waals surface area contributed by atoms with Crippen molar-refractivity contribution in [2.45, 2.75) is 18.9 Å². The highest BCUT2D eigenvalue weighted by Crippen LogP contribution is 2.20. The molecule has 1 aromatic heterocycles. The van der Waals surface area contributed by atoms with Crippen molar-refractivity contribution in [2.24, 2.45) is 0 Å². The molecule has 1 fully saturated rings. The Kier molecular flexibility index (Phi) is 6.05. The maximum absolute atomic E-state index is 12.5. The number of hydrogen-bond donors (Lipinski definition) is 0. The number of methoxy groups -OCH3 is 1. The average molecular weight is 368 g/mol. The van der Waals surface area contributed by atoms with Crippen LogP contribution in [0.5, 0.6) is 17.4 Å². The van der Waals surface area contributed by atoms with Crippen LogP contribution < -0.4 is 14.2 Å². The SMILES string of the molecule is COc1cccc(OCC(=O)N2CCC[C@@H](Oc3nccnc3C#N)C2)c1. The van der Waals surface area contributed by atoms with E-state index in [1.165, 1.54) is 12.4 Å². The Morgan fingerprint density at radius 2 is 2.15 bits per heavy atom. The second-order valence-corrected chi connectivity index (χ2v) is 6.01. The van der Waals surface area contributed by atoms with E-state index in [9.17, 15) is 4.79 Å². The number of likely N-dealkylation sites (tertiary alicyclic amines) is 1. The molecule has 1 aliphatic rings. The molecule has 8 nitrogen and oxygen atoms in total. The lowest BCUT2D eigenvalue weighted by Gasteiger charge is -2.32. The Morgan fingerprint density at radius 1 is 1.33 bits per heavy atom. The molecule has 1 amide bonds. The van der Waals surface area contributed by atoms with Crippen LogP contribution >= 0.6 is 0 Å². The predicted octanol–water partition coefficient (Wildman–Crippen LogP) is 1.81. The fourth-order valence-corrected chi connectivity index (χ4v) is 2.83. The highest BCUT2D eigenvalue weighted by atomic mass is 16.5. The summed E-state index contributed by atoms with van der Waals surface area (Å²) in [7, 11) is 1.58. The third-order valence-electron chi connectivity index (χ3n) is 4.18. The summed E-state index contributed by atoms with van der Waals surface area (Å²) in [6.07, 6.45) is 4.27. The van der Waals surface area contributed by atoms with E-state index in [2.05, 4.69) is 9.97 Å². The average Bonchev–Trinajstić information content (AvgIpc) is 2.72. The van der Waals surface area contributed by atoms with Crippen molar-refractivity contribution in [3.8, 4) is 23.4 Å². The van der Waals surface area contributed by atoms with Crippen LogP contribution in [-0.2, 0) is 4.79 Å². The summed E-state index contributed by atoms with van der Waals surface area (Å²) in [4.78, 5) is 22.2. The van der Waals surface area contributed by atoms with Crippen molar-refractivity contribution in [1.82, 2.24) is 14.9 Å². The second kappa shape index (κ2) is 8.85. The zero-order valence-corrected chi connectivity index (χ0v) is 15.0. The zero-order chi connectivity index (χ0) is 19.1. The number of carbonyl (C=O) groups excluding carboxylic acids is 1. The van der Waals surface area contributed by atoms with Crippen molar-refractivity contribution in [1.29, 1.82) is 5.26 Å². The Labute approximate surface area is 157 Å². The summed E-state index contributed by atoms with van der Waals surface area (Å²) in [6.45, 7) is 1.00. The predicted molar refractivity (Wildman–Crippen MR) is 95.5 cm³/mol. The number of hydrogen-bond acceptors (Lipinski definition) is 7. The first-order chi connectivity index (χ1) is 13.2. The molecule has 1 aromatic carbocycles. The van der Waals surface area contributed by atoms with Gasteiger partial charge in [-0.1, -0.05) is 6.07 Å². The lowest BCUT2D eigenvalue weighted by Crippen LogP contribution is -2.46. The van der Waals surface area contributed by atoms with Crippen molar-refractivity contribution in [3.63, 3.8) is 0 Å². The van der Waals surface area contributed by atoms with E-state index < -0.39 is 0 Å². The van der Waals surface area contributed by atoms with Gasteiger partial charge in [0.05, 0.1) is 13.7 Å². The normalized spacial score (nSPS) is 16.3. The van der Waals surface area contributed by atoms with Gasteiger partial charge in [0.2, 0.25) is 5.69 Å². The number of rotatable bonds is 6. The molecule has 1 atom stereocenters. The van der Waals surface area contributed by atoms with Gasteiger partial charge in [-0.2, -0.15) is 5.26 Å². The first-order valence-electron chi connectivity index (χ1n) is 8.62. The van der Waals surface area contributed by atoms with Gasteiger partial charge in [0.1, 0.15) is 23.7 Å². The van der Waals surface area contributed by atoms with Crippen LogP contribution in [0.15, 0.2) is 36.7 Å². The van der Waals surface area contributed by atoms with E-state index >= 15 is 0 Å². The molecule has 2 heterocycles. The third-order valence-corrected chi connectivity index (χ3v) is 4.18. The van der Waals surface area contributed by atoms with Gasteiger partial charge in [-0.15, -0.1) is 0 Å². The minimum Gasteiger partial charge on any atom is -0.497 e. The number of carbonyl (C=O) groups is 1. The van der Waals surface area contributed by atoms with Gasteiger partial charge < -0.3 is 19.1 Å². The number of aromatic nitrogens is 2. The van der Waals surface area contributed by atoms with Crippen LogP contribution in [-0.4, -0.2) is 53.7 Å². The fraction of sp³-hybridized carbons (Fsp3) is 0.368. The second-order valence-electron chi connectivity index (χ2n) is 6.01. The standard InChI is InChI=1S/C19H20N4O4/c1-25-14-4-2-5-15(10-14)26-13-18(24)23-9-3-6-16(12-23)27-19-17(11-20)21-7-8-22-19/h2,4-5,7-8,10,16H,3,6,9,12-13H2,1H3/t16-/m1/s1. The van der Waals surface area contributed by atoms with Crippen LogP contribution in [0.25, 0.3) is 0 Å². The molecule has 1 saturated heterocycles. The van der Waals surface area contributed by atoms with E-state index in [0.29, 0.717) is 24.6 Å². The summed E-state index contributed by atoms with van der Waals surface area (Å²) in [5.74, 6) is 1.33. The highest BCUT2D eigenvalue weighted by Gasteiger charge is 2.26. The topological polar surface area (TPSA) is 97.6 Å². The van der Waals surface area contributed by atoms with Crippen molar-refractivity contribution in [2.75, 3.05) is 26.8 Å². The molecule has 3 rings (SSSR count). The van der Waals surface area contributed by atoms with Crippen LogP contribution in [0, 0.1) is 11.3 Å². The molecule has 0 bridgehead atoms. The molecule has 0 unspecified atom stereocenters. The molecular formula is C19H20N4O4. The van der Waals surface area contributed by atoms with E-state index in [0.717, 1.165) is 12.8 Å². The molecule has 27 heavy (non-hydrogen) atoms. The Morgan fingerprint density at radius 3 is 2.96 bits per heavy atom. The van der Waals surface area contributed by atoms with Gasteiger partial charge >= 0.3 is 0 Å². The molecule has 0 saturated carbocycles. The summed E-state index contributed by atoms with van der Waals surface area (Å²) >= 11 is 0. The Bertz CT molecular complexity index is 836. The lowest BCUT2D eigenvalue weighted by atomic mass is 10.1. The van der Waals surface area contributed by atoms with Gasteiger partial charge in [-0.05, 0) is 25.0 Å². The minimum atomic E-state index is -0.233. The van der Waals surface area contributed by atoms with Gasteiger partial charge in [-0.3, -0.25) is 4.79 Å². The monoisotopic (exact) mass is 368 g/mol. The number of amides is 1. The number of nitrogens with zero attached hydrogens (tertiary/aromatic N) is 4. The highest BCUT2D eigenvalue weighted by molar-refractivity contribution is 5.78. The third kappa shape index (κ3) is 4.85. The maximum atomic E-state index is 12.5. The van der Waals surface area contributed by atoms with Gasteiger partial charge in [-0.25, -0.2) is 9.97 Å². The summed E-state index contributed by atoms with van der Waals surface area (Å²) in [5, 5.41) is 9.08. The summed E-state index contributed by atoms with van der Waals surface area (Å²) in [5.41, 5.74) is 0.141. The minimum absolute atomic E-state index is 0.0610. The lowest BCUT2D eigenvalue weighted by molar-refractivity contribution is -0.136. The van der Waals surface area contributed by atoms with Crippen LogP contribution in [0.2, 0.25) is 0 Å². The molecule has 140 valence electrons. The first kappa shape index (κ1) is 18.5. The van der Waals surface area contributed by atoms with Crippen LogP contribution in [0.3, 0.4) is 0 Å². The number of piperidine rings is 1. The van der Waals surface area contributed by atoms with Crippen LogP contribution in [0.4, 0.5) is 0 Å². The van der Waals surface area contributed by atoms with Crippen LogP contribution in [0.1, 0.15) is 18.5 Å². The van der Waals surface area contributed by atoms with E-state index in [-0.39, 0.29) is 30.2 Å². The molecule has 0 spiro atoms. The molecular weight excluding hydrogens is 348 g/mol. The molecule has 2 aromatic rings. The fourth-order valence-electron chi connectivity index (χ4n) is 2.83. The molecule has 0 aliphatic carbocycles. The number of ether oxygens (including phenoxy) is 3. The molecule has 0 N–H and O–H groups in total. The van der Waals surface area contributed by atoms with Crippen molar-refractivity contribution < 1.29 is 19.0 Å². The van der Waals surface area contributed by atoms with E-state index in [1.807, 2.05) is 12.1 Å². The smallest absolute Gasteiger partial charge is 0.260 e. The van der Waals surface area contributed by atoms with Crippen molar-refractivity contribution in [3.05, 3.63) is 42.4 Å². The van der Waals surface area contributed by atoms with Gasteiger partial charge in [0, 0.05) is 25.0 Å². The van der Waals surface area contributed by atoms with Crippen molar-refractivity contribution >= 4 is 5.91 Å². The molecule has 1 aliphatic heterocycles. The van der Waals surface area contributed by atoms with E-state index in [1.54, 1.807) is 30.2 Å². The molecule has 8 heteroatoms. The summed E-state index contributed by atoms with van der Waals surface area (Å²) in [6, 6.07) is 9.07. The number of benzene rings is 1. The maximum Gasteiger partial charge on any atom is 0.260 e. The zero-order valence-electron chi connectivity index (χ0n) is 15.0. The van der Waals surface area contributed by atoms with E-state index in [4.69, 9.17) is 19.5 Å². The summed E-state index contributed by atoms with van der Waals surface area (Å²) < 4.78 is 16.5. The molecule has 0 radical (unpaired) electrons. The van der Waals surface area contributed by atoms with Gasteiger partial charge in [0.25, 0.3) is 11.8 Å². The largest absolute Gasteiger partial charge is 0.497 e. The Balaban J connectivity index is 1.55.